The van der Waals surface area contributed by atoms with Crippen LogP contribution < -0.4 is 10.6 Å². The molecule has 5 nitrogen and oxygen atoms in total. The molecular weight excluding hydrogens is 259 g/mol. The van der Waals surface area contributed by atoms with Gasteiger partial charge in [0.1, 0.15) is 5.82 Å². The summed E-state index contributed by atoms with van der Waals surface area (Å²) in [7, 11) is 0. The highest BCUT2D eigenvalue weighted by Gasteiger charge is 2.06. The Kier molecular flexibility index (Phi) is 4.55. The average Bonchev–Trinajstić information content (AvgIpc) is 2.80. The average molecular weight is 278 g/mol. The monoisotopic (exact) mass is 278 g/mol. The molecule has 1 aromatic carbocycles. The van der Waals surface area contributed by atoms with Crippen LogP contribution in [0.4, 0.5) is 10.3 Å². The molecule has 2 aromatic rings. The van der Waals surface area contributed by atoms with E-state index in [1.807, 2.05) is 13.8 Å². The van der Waals surface area contributed by atoms with Crippen LogP contribution in [0.15, 0.2) is 18.2 Å². The summed E-state index contributed by atoms with van der Waals surface area (Å²) in [6, 6.07) is 4.56. The third-order valence-corrected chi connectivity index (χ3v) is 3.11. The highest BCUT2D eigenvalue weighted by molar-refractivity contribution is 5.78. The van der Waals surface area contributed by atoms with Crippen LogP contribution >= 0.6 is 0 Å². The third kappa shape index (κ3) is 3.69. The molecule has 0 saturated carbocycles. The van der Waals surface area contributed by atoms with Crippen LogP contribution in [-0.2, 0) is 4.79 Å². The number of H-pyrrole nitrogens is 1. The maximum Gasteiger partial charge on any atom is 0.221 e. The second kappa shape index (κ2) is 6.36. The molecule has 1 atom stereocenters. The van der Waals surface area contributed by atoms with Crippen molar-refractivity contribution in [3.05, 3.63) is 24.0 Å². The fourth-order valence-electron chi connectivity index (χ4n) is 1.81. The van der Waals surface area contributed by atoms with Crippen LogP contribution in [0.3, 0.4) is 0 Å². The molecule has 1 unspecified atom stereocenters. The van der Waals surface area contributed by atoms with E-state index in [0.29, 0.717) is 29.9 Å². The quantitative estimate of drug-likeness (QED) is 0.760. The van der Waals surface area contributed by atoms with Gasteiger partial charge >= 0.3 is 0 Å². The number of carbonyl (C=O) groups excluding carboxylic acids is 1. The van der Waals surface area contributed by atoms with Gasteiger partial charge in [-0.3, -0.25) is 4.79 Å². The van der Waals surface area contributed by atoms with Gasteiger partial charge in [-0.2, -0.15) is 0 Å². The molecule has 108 valence electrons. The van der Waals surface area contributed by atoms with Crippen molar-refractivity contribution < 1.29 is 9.18 Å². The number of halogens is 1. The summed E-state index contributed by atoms with van der Waals surface area (Å²) < 4.78 is 13.0. The molecule has 6 heteroatoms. The van der Waals surface area contributed by atoms with Gasteiger partial charge in [0, 0.05) is 19.0 Å². The molecule has 3 N–H and O–H groups in total. The number of nitrogens with zero attached hydrogens (tertiary/aromatic N) is 1. The lowest BCUT2D eigenvalue weighted by atomic mass is 10.2. The highest BCUT2D eigenvalue weighted by atomic mass is 19.1. The first-order chi connectivity index (χ1) is 9.58. The third-order valence-electron chi connectivity index (χ3n) is 3.11. The minimum atomic E-state index is -0.305. The predicted octanol–water partition coefficient (Wildman–Crippen LogP) is 2.42. The lowest BCUT2D eigenvalue weighted by molar-refractivity contribution is -0.121. The molecular formula is C14H19FN4O. The number of anilines is 1. The van der Waals surface area contributed by atoms with E-state index in [9.17, 15) is 9.18 Å². The fraction of sp³-hybridized carbons (Fsp3) is 0.429. The first-order valence-corrected chi connectivity index (χ1v) is 6.77. The van der Waals surface area contributed by atoms with Gasteiger partial charge in [-0.1, -0.05) is 6.92 Å². The van der Waals surface area contributed by atoms with Gasteiger partial charge in [-0.25, -0.2) is 9.37 Å². The Labute approximate surface area is 117 Å². The van der Waals surface area contributed by atoms with E-state index in [0.717, 1.165) is 6.42 Å². The van der Waals surface area contributed by atoms with Crippen molar-refractivity contribution in [2.45, 2.75) is 32.7 Å². The van der Waals surface area contributed by atoms with Crippen LogP contribution in [0, 0.1) is 5.82 Å². The van der Waals surface area contributed by atoms with Crippen molar-refractivity contribution >= 4 is 22.9 Å². The summed E-state index contributed by atoms with van der Waals surface area (Å²) in [5.74, 6) is 0.247. The molecule has 1 aromatic heterocycles. The number of hydrogen-bond donors (Lipinski definition) is 3. The van der Waals surface area contributed by atoms with Gasteiger partial charge in [-0.15, -0.1) is 0 Å². The van der Waals surface area contributed by atoms with Gasteiger partial charge in [0.25, 0.3) is 0 Å². The van der Waals surface area contributed by atoms with E-state index < -0.39 is 0 Å². The largest absolute Gasteiger partial charge is 0.355 e. The molecule has 0 aliphatic rings. The lowest BCUT2D eigenvalue weighted by Gasteiger charge is -2.11. The Morgan fingerprint density at radius 1 is 1.50 bits per heavy atom. The van der Waals surface area contributed by atoms with Crippen molar-refractivity contribution in [1.82, 2.24) is 15.3 Å². The van der Waals surface area contributed by atoms with E-state index in [4.69, 9.17) is 0 Å². The first-order valence-electron chi connectivity index (χ1n) is 6.77. The number of nitrogens with one attached hydrogen (secondary N) is 3. The first kappa shape index (κ1) is 14.3. The Bertz CT molecular complexity index is 596. The summed E-state index contributed by atoms with van der Waals surface area (Å²) in [6.45, 7) is 4.47. The molecule has 0 spiro atoms. The number of rotatable bonds is 6. The molecule has 0 saturated heterocycles. The zero-order chi connectivity index (χ0) is 14.5. The number of fused-ring (bicyclic) bond motifs is 1. The molecule has 1 amide bonds. The Morgan fingerprint density at radius 3 is 3.05 bits per heavy atom. The number of hydrogen-bond acceptors (Lipinski definition) is 3. The molecule has 2 rings (SSSR count). The van der Waals surface area contributed by atoms with Gasteiger partial charge in [-0.05, 0) is 31.5 Å². The molecule has 0 aliphatic heterocycles. The molecule has 0 aliphatic carbocycles. The van der Waals surface area contributed by atoms with Gasteiger partial charge in [0.05, 0.1) is 11.0 Å². The lowest BCUT2D eigenvalue weighted by Crippen LogP contribution is -2.33. The molecule has 0 fully saturated rings. The number of aromatic nitrogens is 2. The summed E-state index contributed by atoms with van der Waals surface area (Å²) in [6.07, 6.45) is 1.28. The van der Waals surface area contributed by atoms with Crippen LogP contribution in [-0.4, -0.2) is 28.5 Å². The summed E-state index contributed by atoms with van der Waals surface area (Å²) in [5, 5.41) is 5.92. The van der Waals surface area contributed by atoms with E-state index in [-0.39, 0.29) is 17.8 Å². The summed E-state index contributed by atoms with van der Waals surface area (Å²) in [5.41, 5.74) is 1.33. The minimum Gasteiger partial charge on any atom is -0.355 e. The van der Waals surface area contributed by atoms with Crippen LogP contribution in [0.25, 0.3) is 11.0 Å². The van der Waals surface area contributed by atoms with E-state index >= 15 is 0 Å². The van der Waals surface area contributed by atoms with Crippen molar-refractivity contribution in [2.24, 2.45) is 0 Å². The SMILES string of the molecule is CCC(C)NC(=O)CCNc1nc2ccc(F)cc2[nH]1. The standard InChI is InChI=1S/C14H19FN4O/c1-3-9(2)17-13(20)6-7-16-14-18-11-5-4-10(15)8-12(11)19-14/h4-5,8-9H,3,6-7H2,1-2H3,(H,17,20)(H2,16,18,19). The highest BCUT2D eigenvalue weighted by Crippen LogP contribution is 2.15. The zero-order valence-electron chi connectivity index (χ0n) is 11.7. The van der Waals surface area contributed by atoms with E-state index in [1.54, 1.807) is 6.07 Å². The Balaban J connectivity index is 1.85. The zero-order valence-corrected chi connectivity index (χ0v) is 11.7. The van der Waals surface area contributed by atoms with Crippen LogP contribution in [0.5, 0.6) is 0 Å². The second-order valence-corrected chi connectivity index (χ2v) is 4.80. The molecule has 0 bridgehead atoms. The number of benzene rings is 1. The maximum absolute atomic E-state index is 13.0. The van der Waals surface area contributed by atoms with Crippen LogP contribution in [0.1, 0.15) is 26.7 Å². The topological polar surface area (TPSA) is 69.8 Å². The Hall–Kier alpha value is -2.11. The van der Waals surface area contributed by atoms with E-state index in [1.165, 1.54) is 12.1 Å². The number of aromatic amines is 1. The van der Waals surface area contributed by atoms with E-state index in [2.05, 4.69) is 20.6 Å². The minimum absolute atomic E-state index is 0.00834. The summed E-state index contributed by atoms with van der Waals surface area (Å²) in [4.78, 5) is 18.8. The van der Waals surface area contributed by atoms with Gasteiger partial charge in [0.2, 0.25) is 11.9 Å². The van der Waals surface area contributed by atoms with Crippen molar-refractivity contribution in [2.75, 3.05) is 11.9 Å². The second-order valence-electron chi connectivity index (χ2n) is 4.80. The van der Waals surface area contributed by atoms with Crippen molar-refractivity contribution in [3.63, 3.8) is 0 Å². The number of carbonyl (C=O) groups is 1. The smallest absolute Gasteiger partial charge is 0.221 e. The molecule has 20 heavy (non-hydrogen) atoms. The predicted molar refractivity (Wildman–Crippen MR) is 77.1 cm³/mol. The molecule has 1 heterocycles. The van der Waals surface area contributed by atoms with Gasteiger partial charge < -0.3 is 15.6 Å². The number of imidazole rings is 1. The van der Waals surface area contributed by atoms with Crippen LogP contribution in [0.2, 0.25) is 0 Å². The maximum atomic E-state index is 13.0. The summed E-state index contributed by atoms with van der Waals surface area (Å²) >= 11 is 0. The van der Waals surface area contributed by atoms with Gasteiger partial charge in [0.15, 0.2) is 0 Å². The Morgan fingerprint density at radius 2 is 2.30 bits per heavy atom. The molecule has 0 radical (unpaired) electrons. The number of amides is 1. The van der Waals surface area contributed by atoms with Crippen molar-refractivity contribution in [3.8, 4) is 0 Å². The normalized spacial score (nSPS) is 12.3. The van der Waals surface area contributed by atoms with Crippen molar-refractivity contribution in [1.29, 1.82) is 0 Å². The fourth-order valence-corrected chi connectivity index (χ4v) is 1.81.